The summed E-state index contributed by atoms with van der Waals surface area (Å²) >= 11 is 0. The van der Waals surface area contributed by atoms with Crippen molar-refractivity contribution in [3.8, 4) is 17.0 Å². The molecule has 0 aliphatic carbocycles. The molecular formula is C12H15N3O. The van der Waals surface area contributed by atoms with Crippen LogP contribution in [0.5, 0.6) is 5.75 Å². The first-order valence-corrected chi connectivity index (χ1v) is 5.05. The van der Waals surface area contributed by atoms with E-state index in [1.165, 1.54) is 0 Å². The normalized spacial score (nSPS) is 10.4. The highest BCUT2D eigenvalue weighted by Gasteiger charge is 2.07. The Kier molecular flexibility index (Phi) is 2.56. The van der Waals surface area contributed by atoms with Gasteiger partial charge in [0.1, 0.15) is 11.6 Å². The van der Waals surface area contributed by atoms with E-state index in [9.17, 15) is 0 Å². The average molecular weight is 217 g/mol. The third-order valence-corrected chi connectivity index (χ3v) is 2.75. The lowest BCUT2D eigenvalue weighted by molar-refractivity contribution is 0.417. The third kappa shape index (κ3) is 1.62. The predicted octanol–water partition coefficient (Wildman–Crippen LogP) is 1.99. The number of aromatic nitrogens is 2. The molecule has 2 rings (SSSR count). The van der Waals surface area contributed by atoms with E-state index < -0.39 is 0 Å². The van der Waals surface area contributed by atoms with Gasteiger partial charge >= 0.3 is 0 Å². The number of nitrogen functional groups attached to an aromatic ring is 1. The van der Waals surface area contributed by atoms with Gasteiger partial charge in [0.25, 0.3) is 0 Å². The molecule has 1 aromatic heterocycles. The van der Waals surface area contributed by atoms with Crippen LogP contribution in [0.3, 0.4) is 0 Å². The molecule has 0 amide bonds. The molecule has 1 aromatic carbocycles. The molecule has 16 heavy (non-hydrogen) atoms. The smallest absolute Gasteiger partial charge is 0.141 e. The van der Waals surface area contributed by atoms with Crippen molar-refractivity contribution in [2.24, 2.45) is 7.05 Å². The molecule has 84 valence electrons. The standard InChI is InChI=1S/C12H15N3O/c1-8-14-7-11(15(8)2)9-4-5-12(16-3)10(13)6-9/h4-7H,13H2,1-3H3. The van der Waals surface area contributed by atoms with Crippen molar-refractivity contribution < 1.29 is 4.74 Å². The van der Waals surface area contributed by atoms with Gasteiger partial charge in [-0.05, 0) is 25.1 Å². The first kappa shape index (κ1) is 10.5. The number of ether oxygens (including phenoxy) is 1. The van der Waals surface area contributed by atoms with E-state index in [0.29, 0.717) is 11.4 Å². The zero-order chi connectivity index (χ0) is 11.7. The van der Waals surface area contributed by atoms with Crippen LogP contribution in [0.2, 0.25) is 0 Å². The van der Waals surface area contributed by atoms with Crippen molar-refractivity contribution in [1.82, 2.24) is 9.55 Å². The zero-order valence-electron chi connectivity index (χ0n) is 9.69. The second-order valence-corrected chi connectivity index (χ2v) is 3.71. The number of methoxy groups -OCH3 is 1. The molecule has 0 atom stereocenters. The van der Waals surface area contributed by atoms with Crippen LogP contribution in [0, 0.1) is 6.92 Å². The van der Waals surface area contributed by atoms with Crippen LogP contribution in [-0.4, -0.2) is 16.7 Å². The Balaban J connectivity index is 2.49. The molecule has 4 nitrogen and oxygen atoms in total. The minimum absolute atomic E-state index is 0.638. The summed E-state index contributed by atoms with van der Waals surface area (Å²) in [6.45, 7) is 1.97. The van der Waals surface area contributed by atoms with Gasteiger partial charge in [-0.25, -0.2) is 4.98 Å². The van der Waals surface area contributed by atoms with E-state index in [1.807, 2.05) is 42.9 Å². The molecule has 0 unspecified atom stereocenters. The Morgan fingerprint density at radius 1 is 1.38 bits per heavy atom. The molecule has 0 radical (unpaired) electrons. The van der Waals surface area contributed by atoms with E-state index in [-0.39, 0.29) is 0 Å². The summed E-state index contributed by atoms with van der Waals surface area (Å²) in [5.74, 6) is 1.67. The SMILES string of the molecule is COc1ccc(-c2cnc(C)n2C)cc1N. The molecule has 0 bridgehead atoms. The predicted molar refractivity (Wildman–Crippen MR) is 64.3 cm³/mol. The fourth-order valence-electron chi connectivity index (χ4n) is 1.66. The van der Waals surface area contributed by atoms with E-state index in [0.717, 1.165) is 17.1 Å². The van der Waals surface area contributed by atoms with Gasteiger partial charge in [-0.2, -0.15) is 0 Å². The van der Waals surface area contributed by atoms with Gasteiger partial charge in [0.2, 0.25) is 0 Å². The maximum Gasteiger partial charge on any atom is 0.141 e. The summed E-state index contributed by atoms with van der Waals surface area (Å²) in [6.07, 6.45) is 1.84. The number of rotatable bonds is 2. The van der Waals surface area contributed by atoms with Crippen molar-refractivity contribution in [2.45, 2.75) is 6.92 Å². The molecule has 0 aliphatic rings. The summed E-state index contributed by atoms with van der Waals surface area (Å²) in [6, 6.07) is 5.74. The number of imidazole rings is 1. The van der Waals surface area contributed by atoms with Crippen LogP contribution in [0.1, 0.15) is 5.82 Å². The van der Waals surface area contributed by atoms with Gasteiger partial charge in [-0.15, -0.1) is 0 Å². The van der Waals surface area contributed by atoms with Gasteiger partial charge in [0.05, 0.1) is 24.7 Å². The first-order valence-electron chi connectivity index (χ1n) is 5.05. The zero-order valence-corrected chi connectivity index (χ0v) is 9.69. The number of hydrogen-bond acceptors (Lipinski definition) is 3. The van der Waals surface area contributed by atoms with Crippen LogP contribution in [-0.2, 0) is 7.05 Å². The fraction of sp³-hybridized carbons (Fsp3) is 0.250. The Hall–Kier alpha value is -1.97. The Morgan fingerprint density at radius 3 is 2.62 bits per heavy atom. The second kappa shape index (κ2) is 3.89. The van der Waals surface area contributed by atoms with Gasteiger partial charge in [-0.3, -0.25) is 0 Å². The molecular weight excluding hydrogens is 202 g/mol. The monoisotopic (exact) mass is 217 g/mol. The highest BCUT2D eigenvalue weighted by Crippen LogP contribution is 2.28. The molecule has 0 fully saturated rings. The summed E-state index contributed by atoms with van der Waals surface area (Å²) < 4.78 is 7.15. The summed E-state index contributed by atoms with van der Waals surface area (Å²) in [7, 11) is 3.59. The minimum Gasteiger partial charge on any atom is -0.495 e. The highest BCUT2D eigenvalue weighted by molar-refractivity contribution is 5.68. The fourth-order valence-corrected chi connectivity index (χ4v) is 1.66. The van der Waals surface area contributed by atoms with Crippen LogP contribution >= 0.6 is 0 Å². The number of nitrogens with two attached hydrogens (primary N) is 1. The van der Waals surface area contributed by atoms with E-state index in [1.54, 1.807) is 7.11 Å². The molecule has 1 heterocycles. The number of hydrogen-bond donors (Lipinski definition) is 1. The van der Waals surface area contributed by atoms with Crippen LogP contribution in [0.25, 0.3) is 11.3 Å². The largest absolute Gasteiger partial charge is 0.495 e. The van der Waals surface area contributed by atoms with E-state index in [2.05, 4.69) is 4.98 Å². The third-order valence-electron chi connectivity index (χ3n) is 2.75. The quantitative estimate of drug-likeness (QED) is 0.783. The van der Waals surface area contributed by atoms with Crippen molar-refractivity contribution in [2.75, 3.05) is 12.8 Å². The summed E-state index contributed by atoms with van der Waals surface area (Å²) in [5, 5.41) is 0. The second-order valence-electron chi connectivity index (χ2n) is 3.71. The number of aryl methyl sites for hydroxylation is 1. The number of nitrogens with zero attached hydrogens (tertiary/aromatic N) is 2. The van der Waals surface area contributed by atoms with Gasteiger partial charge in [0.15, 0.2) is 0 Å². The van der Waals surface area contributed by atoms with Gasteiger partial charge < -0.3 is 15.0 Å². The summed E-state index contributed by atoms with van der Waals surface area (Å²) in [5.41, 5.74) is 8.60. The lowest BCUT2D eigenvalue weighted by Gasteiger charge is -2.08. The average Bonchev–Trinajstić information content (AvgIpc) is 2.60. The molecule has 2 aromatic rings. The van der Waals surface area contributed by atoms with E-state index in [4.69, 9.17) is 10.5 Å². The molecule has 0 aliphatic heterocycles. The van der Waals surface area contributed by atoms with Crippen LogP contribution in [0.15, 0.2) is 24.4 Å². The van der Waals surface area contributed by atoms with Crippen molar-refractivity contribution in [3.63, 3.8) is 0 Å². The van der Waals surface area contributed by atoms with Crippen molar-refractivity contribution in [3.05, 3.63) is 30.2 Å². The van der Waals surface area contributed by atoms with Gasteiger partial charge in [0, 0.05) is 12.6 Å². The van der Waals surface area contributed by atoms with Crippen LogP contribution in [0.4, 0.5) is 5.69 Å². The first-order chi connectivity index (χ1) is 7.63. The van der Waals surface area contributed by atoms with E-state index >= 15 is 0 Å². The van der Waals surface area contributed by atoms with Crippen LogP contribution < -0.4 is 10.5 Å². The maximum absolute atomic E-state index is 5.87. The lowest BCUT2D eigenvalue weighted by atomic mass is 10.1. The molecule has 0 spiro atoms. The number of anilines is 1. The Bertz CT molecular complexity index is 517. The summed E-state index contributed by atoms with van der Waals surface area (Å²) in [4.78, 5) is 4.26. The molecule has 2 N–H and O–H groups in total. The topological polar surface area (TPSA) is 53.1 Å². The Labute approximate surface area is 94.7 Å². The minimum atomic E-state index is 0.638. The highest BCUT2D eigenvalue weighted by atomic mass is 16.5. The Morgan fingerprint density at radius 2 is 2.12 bits per heavy atom. The maximum atomic E-state index is 5.87. The van der Waals surface area contributed by atoms with Crippen molar-refractivity contribution in [1.29, 1.82) is 0 Å². The molecule has 0 saturated carbocycles. The van der Waals surface area contributed by atoms with Gasteiger partial charge in [-0.1, -0.05) is 0 Å². The molecule has 0 saturated heterocycles. The van der Waals surface area contributed by atoms with Crippen molar-refractivity contribution >= 4 is 5.69 Å². The lowest BCUT2D eigenvalue weighted by Crippen LogP contribution is -1.96. The molecule has 4 heteroatoms. The number of benzene rings is 1.